The molecule has 23 heteroatoms. The lowest BCUT2D eigenvalue weighted by molar-refractivity contribution is -0.148. The van der Waals surface area contributed by atoms with E-state index in [1.807, 2.05) is 0 Å². The van der Waals surface area contributed by atoms with Crippen LogP contribution < -0.4 is 32.7 Å². The number of imide groups is 1. The molecule has 0 aliphatic carbocycles. The normalized spacial score (nSPS) is 14.4. The fourth-order valence-corrected chi connectivity index (χ4v) is 8.64. The highest BCUT2D eigenvalue weighted by Crippen LogP contribution is 2.21. The molecule has 1 heterocycles. The summed E-state index contributed by atoms with van der Waals surface area (Å²) in [4.78, 5) is 130. The first kappa shape index (κ1) is 62.4. The van der Waals surface area contributed by atoms with Gasteiger partial charge in [0.2, 0.25) is 35.5 Å². The number of amides is 8. The maximum absolute atomic E-state index is 14.7. The molecule has 0 aromatic heterocycles. The molecule has 0 unspecified atom stereocenters. The van der Waals surface area contributed by atoms with Crippen LogP contribution in [0.1, 0.15) is 73.8 Å². The van der Waals surface area contributed by atoms with Gasteiger partial charge >= 0.3 is 24.2 Å². The number of nitrogens with two attached hydrogens (primary N) is 2. The average Bonchev–Trinajstić information content (AvgIpc) is 4.27. The number of primary amides is 1. The molecule has 1 aliphatic heterocycles. The third kappa shape index (κ3) is 20.1. The molecule has 23 nitrogen and oxygen atoms in total. The van der Waals surface area contributed by atoms with Gasteiger partial charge in [-0.1, -0.05) is 147 Å². The van der Waals surface area contributed by atoms with E-state index in [0.29, 0.717) is 39.1 Å². The number of esters is 1. The number of aliphatic imine (C=N–C) groups is 1. The first-order chi connectivity index (χ1) is 39.9. The Hall–Kier alpha value is -9.80. The van der Waals surface area contributed by atoms with E-state index in [1.54, 1.807) is 147 Å². The van der Waals surface area contributed by atoms with Gasteiger partial charge in [-0.3, -0.25) is 33.8 Å². The number of carbonyl (C=O) groups excluding carboxylic acids is 9. The van der Waals surface area contributed by atoms with Gasteiger partial charge in [-0.2, -0.15) is 0 Å². The fourth-order valence-electron chi connectivity index (χ4n) is 8.64. The predicted octanol–water partition coefficient (Wildman–Crippen LogP) is 5.02. The Labute approximate surface area is 480 Å². The lowest BCUT2D eigenvalue weighted by Gasteiger charge is -2.30. The number of hydrogen-bond acceptors (Lipinski definition) is 15. The van der Waals surface area contributed by atoms with Gasteiger partial charge in [0.25, 0.3) is 0 Å². The van der Waals surface area contributed by atoms with E-state index in [1.165, 1.54) is 17.0 Å². The second-order valence-electron chi connectivity index (χ2n) is 19.7. The highest BCUT2D eigenvalue weighted by molar-refractivity contribution is 6.07. The van der Waals surface area contributed by atoms with E-state index in [4.69, 9.17) is 30.4 Å². The van der Waals surface area contributed by atoms with Gasteiger partial charge < -0.3 is 61.7 Å². The zero-order chi connectivity index (χ0) is 59.7. The number of alkyl carbamates (subject to hydrolysis) is 1. The van der Waals surface area contributed by atoms with Gasteiger partial charge in [-0.05, 0) is 71.6 Å². The van der Waals surface area contributed by atoms with E-state index >= 15 is 0 Å². The summed E-state index contributed by atoms with van der Waals surface area (Å²) < 4.78 is 21.8. The number of ether oxygens (including phenoxy) is 4. The maximum Gasteiger partial charge on any atom is 0.426 e. The van der Waals surface area contributed by atoms with Crippen LogP contribution >= 0.6 is 0 Å². The number of phenolic OH excluding ortho intramolecular Hbond substituents is 1. The Kier molecular flexibility index (Phi) is 23.9. The van der Waals surface area contributed by atoms with Crippen molar-refractivity contribution in [1.82, 2.24) is 31.1 Å². The fraction of sp³-hybridized carbons (Fsp3) is 0.333. The van der Waals surface area contributed by atoms with Crippen molar-refractivity contribution >= 4 is 59.7 Å². The van der Waals surface area contributed by atoms with E-state index < -0.39 is 102 Å². The van der Waals surface area contributed by atoms with Crippen molar-refractivity contribution in [1.29, 1.82) is 0 Å². The number of hydrogen-bond donors (Lipinski definition) is 7. The van der Waals surface area contributed by atoms with Gasteiger partial charge in [-0.25, -0.2) is 14.4 Å². The Morgan fingerprint density at radius 1 is 0.602 bits per heavy atom. The van der Waals surface area contributed by atoms with E-state index in [9.17, 15) is 48.3 Å². The molecule has 0 spiro atoms. The molecule has 5 atom stereocenters. The summed E-state index contributed by atoms with van der Waals surface area (Å²) in [5, 5.41) is 20.1. The number of phenols is 1. The van der Waals surface area contributed by atoms with Gasteiger partial charge in [0.05, 0.1) is 6.42 Å². The Bertz CT molecular complexity index is 2950. The van der Waals surface area contributed by atoms with Crippen LogP contribution in [-0.4, -0.2) is 118 Å². The first-order valence-electron chi connectivity index (χ1n) is 26.9. The van der Waals surface area contributed by atoms with Crippen molar-refractivity contribution in [3.63, 3.8) is 0 Å². The molecule has 5 aromatic carbocycles. The highest BCUT2D eigenvalue weighted by Gasteiger charge is 2.40. The summed E-state index contributed by atoms with van der Waals surface area (Å²) in [7, 11) is 0. The molecule has 0 bridgehead atoms. The highest BCUT2D eigenvalue weighted by atomic mass is 16.6. The molecule has 5 aromatic rings. The minimum absolute atomic E-state index is 0.00166. The van der Waals surface area contributed by atoms with Gasteiger partial charge in [0.15, 0.2) is 0 Å². The maximum atomic E-state index is 14.7. The number of nitrogens with zero attached hydrogens (tertiary/aromatic N) is 3. The molecule has 1 fully saturated rings. The van der Waals surface area contributed by atoms with Gasteiger partial charge in [0, 0.05) is 19.5 Å². The lowest BCUT2D eigenvalue weighted by Crippen LogP contribution is -2.60. The quantitative estimate of drug-likeness (QED) is 0.0126. The van der Waals surface area contributed by atoms with Crippen LogP contribution in [0.5, 0.6) is 5.75 Å². The van der Waals surface area contributed by atoms with Crippen molar-refractivity contribution in [3.05, 3.63) is 173 Å². The lowest BCUT2D eigenvalue weighted by atomic mass is 10.00. The molecule has 1 aliphatic rings. The molecule has 1 saturated heterocycles. The molecular weight excluding hydrogens is 1070 g/mol. The van der Waals surface area contributed by atoms with Crippen LogP contribution in [-0.2, 0) is 80.6 Å². The van der Waals surface area contributed by atoms with Crippen molar-refractivity contribution in [3.8, 4) is 5.75 Å². The largest absolute Gasteiger partial charge is 0.508 e. The zero-order valence-corrected chi connectivity index (χ0v) is 46.1. The average molecular weight is 1140 g/mol. The summed E-state index contributed by atoms with van der Waals surface area (Å²) in [5.41, 5.74) is 15.1. The Balaban J connectivity index is 1.18. The van der Waals surface area contributed by atoms with Gasteiger partial charge in [0.1, 0.15) is 62.4 Å². The van der Waals surface area contributed by atoms with Crippen LogP contribution in [0.25, 0.3) is 0 Å². The van der Waals surface area contributed by atoms with Crippen molar-refractivity contribution in [2.45, 2.75) is 109 Å². The third-order valence-corrected chi connectivity index (χ3v) is 13.1. The zero-order valence-electron chi connectivity index (χ0n) is 46.1. The monoisotopic (exact) mass is 1140 g/mol. The minimum atomic E-state index is -1.67. The minimum Gasteiger partial charge on any atom is -0.508 e. The second kappa shape index (κ2) is 31.8. The molecule has 0 saturated carbocycles. The molecular formula is C60H69N9O14. The predicted molar refractivity (Wildman–Crippen MR) is 302 cm³/mol. The molecule has 0 radical (unpaired) electrons. The number of benzene rings is 5. The number of carbonyl (C=O) groups is 9. The molecule has 438 valence electrons. The molecule has 83 heavy (non-hydrogen) atoms. The smallest absolute Gasteiger partial charge is 0.426 e. The molecule has 6 rings (SSSR count). The summed E-state index contributed by atoms with van der Waals surface area (Å²) in [6.45, 7) is 2.33. The first-order valence-corrected chi connectivity index (χ1v) is 26.9. The third-order valence-electron chi connectivity index (χ3n) is 13.1. The number of guanidine groups is 1. The van der Waals surface area contributed by atoms with Crippen LogP contribution in [0.2, 0.25) is 0 Å². The summed E-state index contributed by atoms with van der Waals surface area (Å²) in [6.07, 6.45) is -3.81. The summed E-state index contributed by atoms with van der Waals surface area (Å²) >= 11 is 0. The summed E-state index contributed by atoms with van der Waals surface area (Å²) in [5.74, 6) is -6.31. The number of likely N-dealkylation sites (tertiary alicyclic amines) is 1. The topological polar surface area (TPSA) is 330 Å². The van der Waals surface area contributed by atoms with E-state index in [2.05, 4.69) is 26.3 Å². The van der Waals surface area contributed by atoms with Crippen LogP contribution in [0.15, 0.2) is 151 Å². The van der Waals surface area contributed by atoms with E-state index in [-0.39, 0.29) is 70.9 Å². The van der Waals surface area contributed by atoms with Crippen molar-refractivity contribution < 1.29 is 67.2 Å². The number of aromatic hydroxyl groups is 1. The van der Waals surface area contributed by atoms with Crippen LogP contribution in [0.4, 0.5) is 14.4 Å². The molecule has 9 N–H and O–H groups in total. The van der Waals surface area contributed by atoms with Crippen molar-refractivity contribution in [2.75, 3.05) is 13.1 Å². The van der Waals surface area contributed by atoms with Gasteiger partial charge in [-0.15, -0.1) is 4.90 Å². The molecule has 8 amide bonds. The number of rotatable bonds is 26. The van der Waals surface area contributed by atoms with Crippen LogP contribution in [0.3, 0.4) is 0 Å². The summed E-state index contributed by atoms with van der Waals surface area (Å²) in [6, 6.07) is 34.0. The van der Waals surface area contributed by atoms with E-state index in [0.717, 1.165) is 0 Å². The Morgan fingerprint density at radius 2 is 1.11 bits per heavy atom. The van der Waals surface area contributed by atoms with Crippen LogP contribution in [0, 0.1) is 5.92 Å². The van der Waals surface area contributed by atoms with Crippen molar-refractivity contribution in [2.24, 2.45) is 22.4 Å². The SMILES string of the molecule is CC(C)[C@H](NC(=O)[C@H](CC(=O)OCc1ccccc1)NC(=O)[C@@H]1CCCN1C(=O)[C@H](CCCN=C(N)N(C(=O)OCc1ccccc1)C(=O)OCc1ccccc1)NC(=O)OCc1ccccc1)C(=O)N[C@@H](Cc1ccc(O)cc1)C(N)=O. The number of nitrogens with one attached hydrogen (secondary N) is 4. The second-order valence-corrected chi connectivity index (χ2v) is 19.7. The Morgan fingerprint density at radius 3 is 1.61 bits per heavy atom. The standard InChI is InChI=1S/C60H69N9O14/c1-39(2)51(55(75)64-47(52(61)72)33-40-27-29-45(70)30-28-40)67-53(73)48(34-50(71)80-35-41-17-7-3-8-18-41)65-54(74)49-26-16-32-68(49)56(76)46(66-58(77)81-36-42-19-9-4-10-20-42)25-15-31-63-57(62)69(59(78)82-37-43-21-11-5-12-22-43)60(79)83-38-44-23-13-6-14-24-44/h3-14,17-24,27-30,39,46-49,51,70H,15-16,25-26,31-38H2,1-2H3,(H2,61,72)(H2,62,63)(H,64,75)(H,65,74)(H,66,77)(H,67,73)/t46-,47-,48-,49-,51-/m0/s1.